The molecule has 0 radical (unpaired) electrons. The molecular formula is C23H31N5O3. The van der Waals surface area contributed by atoms with E-state index in [0.29, 0.717) is 39.1 Å². The number of fused-ring (bicyclic) bond motifs is 1. The summed E-state index contributed by atoms with van der Waals surface area (Å²) in [5, 5.41) is 4.00. The Morgan fingerprint density at radius 1 is 1.10 bits per heavy atom. The molecule has 8 heteroatoms. The van der Waals surface area contributed by atoms with Gasteiger partial charge in [0.05, 0.1) is 11.7 Å². The number of nitrogens with zero attached hydrogens (tertiary/aromatic N) is 4. The van der Waals surface area contributed by atoms with Crippen LogP contribution in [0.25, 0.3) is 10.9 Å². The first-order valence-corrected chi connectivity index (χ1v) is 11.3. The Labute approximate surface area is 182 Å². The fourth-order valence-corrected chi connectivity index (χ4v) is 4.63. The van der Waals surface area contributed by atoms with Crippen molar-refractivity contribution in [3.05, 3.63) is 30.7 Å². The van der Waals surface area contributed by atoms with Crippen LogP contribution in [0.5, 0.6) is 0 Å². The molecule has 1 saturated carbocycles. The van der Waals surface area contributed by atoms with Gasteiger partial charge in [0.25, 0.3) is 0 Å². The van der Waals surface area contributed by atoms with Gasteiger partial charge < -0.3 is 19.7 Å². The van der Waals surface area contributed by atoms with E-state index in [1.807, 2.05) is 29.4 Å². The monoisotopic (exact) mass is 425 g/mol. The zero-order valence-corrected chi connectivity index (χ0v) is 18.1. The summed E-state index contributed by atoms with van der Waals surface area (Å²) in [6.45, 7) is 4.43. The highest BCUT2D eigenvalue weighted by atomic mass is 16.2. The minimum atomic E-state index is -0.522. The molecule has 166 valence electrons. The van der Waals surface area contributed by atoms with Crippen molar-refractivity contribution >= 4 is 28.6 Å². The number of carbonyl (C=O) groups excluding carboxylic acids is 3. The molecule has 4 rings (SSSR count). The predicted octanol–water partition coefficient (Wildman–Crippen LogP) is 1.79. The summed E-state index contributed by atoms with van der Waals surface area (Å²) >= 11 is 0. The van der Waals surface area contributed by atoms with Crippen molar-refractivity contribution in [2.45, 2.75) is 51.6 Å². The van der Waals surface area contributed by atoms with Crippen molar-refractivity contribution in [1.29, 1.82) is 0 Å². The zero-order chi connectivity index (χ0) is 21.8. The second-order valence-electron chi connectivity index (χ2n) is 8.61. The molecular weight excluding hydrogens is 394 g/mol. The van der Waals surface area contributed by atoms with Crippen molar-refractivity contribution in [2.24, 2.45) is 5.92 Å². The van der Waals surface area contributed by atoms with E-state index < -0.39 is 6.04 Å². The van der Waals surface area contributed by atoms with E-state index in [-0.39, 0.29) is 23.6 Å². The summed E-state index contributed by atoms with van der Waals surface area (Å²) in [5.74, 6) is 0.0861. The first kappa shape index (κ1) is 21.3. The Kier molecular flexibility index (Phi) is 6.53. The minimum absolute atomic E-state index is 0.0000929. The van der Waals surface area contributed by atoms with Crippen molar-refractivity contribution in [3.63, 3.8) is 0 Å². The molecule has 0 bridgehead atoms. The molecule has 2 aromatic rings. The summed E-state index contributed by atoms with van der Waals surface area (Å²) in [7, 11) is 0. The molecule has 3 heterocycles. The number of piperazine rings is 1. The second kappa shape index (κ2) is 9.49. The molecule has 2 aromatic heterocycles. The normalized spacial score (nSPS) is 18.4. The maximum atomic E-state index is 12.7. The summed E-state index contributed by atoms with van der Waals surface area (Å²) in [5.41, 5.74) is 1.03. The predicted molar refractivity (Wildman–Crippen MR) is 117 cm³/mol. The van der Waals surface area contributed by atoms with E-state index in [0.717, 1.165) is 36.6 Å². The number of rotatable bonds is 6. The summed E-state index contributed by atoms with van der Waals surface area (Å²) in [6.07, 6.45) is 10.0. The maximum absolute atomic E-state index is 12.7. The Morgan fingerprint density at radius 2 is 1.81 bits per heavy atom. The van der Waals surface area contributed by atoms with Crippen LogP contribution in [0.4, 0.5) is 0 Å². The number of hydrogen-bond acceptors (Lipinski definition) is 4. The van der Waals surface area contributed by atoms with E-state index in [1.54, 1.807) is 18.0 Å². The zero-order valence-electron chi connectivity index (χ0n) is 18.1. The van der Waals surface area contributed by atoms with E-state index in [1.165, 1.54) is 0 Å². The van der Waals surface area contributed by atoms with Crippen LogP contribution in [0, 0.1) is 5.92 Å². The topological polar surface area (TPSA) is 87.5 Å². The van der Waals surface area contributed by atoms with Gasteiger partial charge in [-0.2, -0.15) is 0 Å². The van der Waals surface area contributed by atoms with Gasteiger partial charge >= 0.3 is 0 Å². The highest BCUT2D eigenvalue weighted by Gasteiger charge is 2.30. The van der Waals surface area contributed by atoms with Gasteiger partial charge in [0.15, 0.2) is 0 Å². The molecule has 1 saturated heterocycles. The van der Waals surface area contributed by atoms with E-state index in [4.69, 9.17) is 0 Å². The molecule has 0 unspecified atom stereocenters. The molecule has 2 aliphatic rings. The highest BCUT2D eigenvalue weighted by molar-refractivity contribution is 5.88. The molecule has 0 aromatic carbocycles. The molecule has 1 atom stereocenters. The van der Waals surface area contributed by atoms with Gasteiger partial charge in [-0.3, -0.25) is 19.4 Å². The SMILES string of the molecule is C[C@@H](NC(=O)C1CCCC1)C(=O)N1CCN(C(=O)CCn2ccc3ccncc32)CC1. The Balaban J connectivity index is 1.22. The number of amides is 3. The smallest absolute Gasteiger partial charge is 0.244 e. The third-order valence-corrected chi connectivity index (χ3v) is 6.54. The largest absolute Gasteiger partial charge is 0.346 e. The summed E-state index contributed by atoms with van der Waals surface area (Å²) in [4.78, 5) is 45.4. The first-order valence-electron chi connectivity index (χ1n) is 11.3. The quantitative estimate of drug-likeness (QED) is 0.764. The van der Waals surface area contributed by atoms with Crippen molar-refractivity contribution < 1.29 is 14.4 Å². The lowest BCUT2D eigenvalue weighted by Crippen LogP contribution is -2.55. The lowest BCUT2D eigenvalue weighted by Gasteiger charge is -2.36. The molecule has 2 fully saturated rings. The lowest BCUT2D eigenvalue weighted by molar-refractivity contribution is -0.142. The van der Waals surface area contributed by atoms with Crippen molar-refractivity contribution in [1.82, 2.24) is 24.7 Å². The van der Waals surface area contributed by atoms with Crippen molar-refractivity contribution in [2.75, 3.05) is 26.2 Å². The average Bonchev–Trinajstić information content (AvgIpc) is 3.47. The molecule has 1 aliphatic heterocycles. The fraction of sp³-hybridized carbons (Fsp3) is 0.565. The molecule has 31 heavy (non-hydrogen) atoms. The van der Waals surface area contributed by atoms with Crippen LogP contribution < -0.4 is 5.32 Å². The van der Waals surface area contributed by atoms with Crippen LogP contribution in [-0.4, -0.2) is 69.3 Å². The Morgan fingerprint density at radius 3 is 2.55 bits per heavy atom. The maximum Gasteiger partial charge on any atom is 0.244 e. The van der Waals surface area contributed by atoms with Crippen LogP contribution >= 0.6 is 0 Å². The highest BCUT2D eigenvalue weighted by Crippen LogP contribution is 2.24. The first-order chi connectivity index (χ1) is 15.0. The summed E-state index contributed by atoms with van der Waals surface area (Å²) < 4.78 is 2.05. The standard InChI is InChI=1S/C23H31N5O3/c1-17(25-22(30)19-4-2-3-5-19)23(31)28-14-12-27(13-15-28)21(29)8-11-26-10-7-18-6-9-24-16-20(18)26/h6-7,9-10,16-17,19H,2-5,8,11-15H2,1H3,(H,25,30)/t17-/m1/s1. The minimum Gasteiger partial charge on any atom is -0.346 e. The van der Waals surface area contributed by atoms with Crippen LogP contribution in [0.1, 0.15) is 39.0 Å². The van der Waals surface area contributed by atoms with E-state index >= 15 is 0 Å². The number of aryl methyl sites for hydroxylation is 1. The van der Waals surface area contributed by atoms with Gasteiger partial charge in [-0.15, -0.1) is 0 Å². The Hall–Kier alpha value is -2.90. The van der Waals surface area contributed by atoms with Gasteiger partial charge in [-0.05, 0) is 31.9 Å². The van der Waals surface area contributed by atoms with Gasteiger partial charge in [0, 0.05) is 62.8 Å². The Bertz CT molecular complexity index is 942. The van der Waals surface area contributed by atoms with Crippen LogP contribution in [0.15, 0.2) is 30.7 Å². The van der Waals surface area contributed by atoms with E-state index in [9.17, 15) is 14.4 Å². The number of carbonyl (C=O) groups is 3. The second-order valence-corrected chi connectivity index (χ2v) is 8.61. The number of hydrogen-bond donors (Lipinski definition) is 1. The molecule has 1 N–H and O–H groups in total. The van der Waals surface area contributed by atoms with E-state index in [2.05, 4.69) is 14.9 Å². The number of nitrogens with one attached hydrogen (secondary N) is 1. The van der Waals surface area contributed by atoms with Crippen molar-refractivity contribution in [3.8, 4) is 0 Å². The van der Waals surface area contributed by atoms with Gasteiger partial charge in [-0.1, -0.05) is 12.8 Å². The van der Waals surface area contributed by atoms with Gasteiger partial charge in [0.1, 0.15) is 6.04 Å². The third kappa shape index (κ3) is 4.89. The molecule has 3 amide bonds. The van der Waals surface area contributed by atoms with Gasteiger partial charge in [-0.25, -0.2) is 0 Å². The van der Waals surface area contributed by atoms with Crippen LogP contribution in [0.3, 0.4) is 0 Å². The number of pyridine rings is 1. The fourth-order valence-electron chi connectivity index (χ4n) is 4.63. The summed E-state index contributed by atoms with van der Waals surface area (Å²) in [6, 6.07) is 3.46. The average molecular weight is 426 g/mol. The molecule has 0 spiro atoms. The lowest BCUT2D eigenvalue weighted by atomic mass is 10.1. The van der Waals surface area contributed by atoms with Crippen LogP contribution in [-0.2, 0) is 20.9 Å². The number of aromatic nitrogens is 2. The molecule has 1 aliphatic carbocycles. The molecule has 8 nitrogen and oxygen atoms in total. The van der Waals surface area contributed by atoms with Crippen LogP contribution in [0.2, 0.25) is 0 Å². The van der Waals surface area contributed by atoms with Gasteiger partial charge in [0.2, 0.25) is 17.7 Å². The third-order valence-electron chi connectivity index (χ3n) is 6.54.